The SMILES string of the molecule is CCCC[C@H](CC)CN1C(=O)/C(=C2/C(=O)N(CC(=O)Nc3ccc(Cl)cc3)c3ccccc32)SC1=S. The molecule has 1 atom stereocenters. The third-order valence-corrected chi connectivity index (χ3v) is 8.11. The topological polar surface area (TPSA) is 69.7 Å². The van der Waals surface area contributed by atoms with Crippen LogP contribution < -0.4 is 10.2 Å². The number of thiocarbonyl (C=S) groups is 1. The predicted octanol–water partition coefficient (Wildman–Crippen LogP) is 6.11. The highest BCUT2D eigenvalue weighted by Crippen LogP contribution is 2.44. The van der Waals surface area contributed by atoms with E-state index in [4.69, 9.17) is 23.8 Å². The summed E-state index contributed by atoms with van der Waals surface area (Å²) < 4.78 is 0.474. The van der Waals surface area contributed by atoms with Crippen LogP contribution in [0.5, 0.6) is 0 Å². The minimum Gasteiger partial charge on any atom is -0.325 e. The Kier molecular flexibility index (Phi) is 8.49. The largest absolute Gasteiger partial charge is 0.325 e. The van der Waals surface area contributed by atoms with E-state index in [9.17, 15) is 14.4 Å². The van der Waals surface area contributed by atoms with E-state index < -0.39 is 0 Å². The zero-order valence-electron chi connectivity index (χ0n) is 20.3. The average molecular weight is 542 g/mol. The highest BCUT2D eigenvalue weighted by molar-refractivity contribution is 8.26. The lowest BCUT2D eigenvalue weighted by atomic mass is 9.98. The van der Waals surface area contributed by atoms with Crippen molar-refractivity contribution in [3.05, 3.63) is 64.0 Å². The van der Waals surface area contributed by atoms with Gasteiger partial charge in [0.25, 0.3) is 11.8 Å². The number of hydrogen-bond acceptors (Lipinski definition) is 5. The lowest BCUT2D eigenvalue weighted by molar-refractivity contribution is -0.123. The number of nitrogens with zero attached hydrogens (tertiary/aromatic N) is 2. The highest BCUT2D eigenvalue weighted by Gasteiger charge is 2.42. The van der Waals surface area contributed by atoms with E-state index in [1.54, 1.807) is 35.2 Å². The van der Waals surface area contributed by atoms with Crippen LogP contribution in [0, 0.1) is 5.92 Å². The summed E-state index contributed by atoms with van der Waals surface area (Å²) in [6.07, 6.45) is 4.20. The van der Waals surface area contributed by atoms with Gasteiger partial charge in [-0.3, -0.25) is 24.2 Å². The normalized spacial score (nSPS) is 18.1. The Balaban J connectivity index is 1.58. The molecule has 1 saturated heterocycles. The lowest BCUT2D eigenvalue weighted by Crippen LogP contribution is -2.36. The molecule has 2 aromatic carbocycles. The summed E-state index contributed by atoms with van der Waals surface area (Å²) in [5.41, 5.74) is 2.13. The summed E-state index contributed by atoms with van der Waals surface area (Å²) in [6.45, 7) is 4.65. The number of anilines is 2. The van der Waals surface area contributed by atoms with E-state index in [-0.39, 0.29) is 24.3 Å². The minimum atomic E-state index is -0.374. The van der Waals surface area contributed by atoms with Gasteiger partial charge in [0.2, 0.25) is 5.91 Å². The monoisotopic (exact) mass is 541 g/mol. The van der Waals surface area contributed by atoms with Crippen molar-refractivity contribution in [2.45, 2.75) is 39.5 Å². The number of fused-ring (bicyclic) bond motifs is 1. The van der Waals surface area contributed by atoms with Gasteiger partial charge < -0.3 is 5.32 Å². The first kappa shape index (κ1) is 26.4. The molecule has 6 nitrogen and oxygen atoms in total. The van der Waals surface area contributed by atoms with Crippen molar-refractivity contribution in [1.82, 2.24) is 4.90 Å². The van der Waals surface area contributed by atoms with Crippen LogP contribution >= 0.6 is 35.6 Å². The molecule has 4 rings (SSSR count). The van der Waals surface area contributed by atoms with Gasteiger partial charge in [0.1, 0.15) is 10.9 Å². The third kappa shape index (κ3) is 5.51. The Labute approximate surface area is 226 Å². The van der Waals surface area contributed by atoms with Crippen LogP contribution in [0.2, 0.25) is 5.02 Å². The van der Waals surface area contributed by atoms with Crippen LogP contribution in [0.25, 0.3) is 5.57 Å². The molecule has 0 spiro atoms. The maximum atomic E-state index is 13.6. The van der Waals surface area contributed by atoms with Gasteiger partial charge in [-0.1, -0.05) is 86.9 Å². The molecule has 36 heavy (non-hydrogen) atoms. The number of carbonyl (C=O) groups excluding carboxylic acids is 3. The van der Waals surface area contributed by atoms with E-state index in [0.717, 1.165) is 25.7 Å². The van der Waals surface area contributed by atoms with Crippen LogP contribution in [0.4, 0.5) is 11.4 Å². The number of benzene rings is 2. The first-order valence-electron chi connectivity index (χ1n) is 12.1. The molecule has 1 N–H and O–H groups in total. The van der Waals surface area contributed by atoms with Crippen LogP contribution in [0.3, 0.4) is 0 Å². The van der Waals surface area contributed by atoms with E-state index in [1.807, 2.05) is 18.2 Å². The van der Waals surface area contributed by atoms with Crippen molar-refractivity contribution in [1.29, 1.82) is 0 Å². The second kappa shape index (κ2) is 11.6. The third-order valence-electron chi connectivity index (χ3n) is 6.41. The van der Waals surface area contributed by atoms with Crippen LogP contribution in [0.1, 0.15) is 45.1 Å². The Bertz CT molecular complexity index is 1230. The fourth-order valence-corrected chi connectivity index (χ4v) is 5.89. The predicted molar refractivity (Wildman–Crippen MR) is 151 cm³/mol. The molecule has 188 valence electrons. The number of unbranched alkanes of at least 4 members (excludes halogenated alkanes) is 1. The molecule has 2 aromatic rings. The van der Waals surface area contributed by atoms with Crippen molar-refractivity contribution in [2.24, 2.45) is 5.92 Å². The first-order chi connectivity index (χ1) is 17.3. The lowest BCUT2D eigenvalue weighted by Gasteiger charge is -2.21. The quantitative estimate of drug-likeness (QED) is 0.306. The molecule has 9 heteroatoms. The first-order valence-corrected chi connectivity index (χ1v) is 13.7. The number of amides is 3. The molecule has 2 heterocycles. The number of hydrogen-bond donors (Lipinski definition) is 1. The van der Waals surface area contributed by atoms with Crippen molar-refractivity contribution >= 4 is 74.6 Å². The Hall–Kier alpha value is -2.68. The Morgan fingerprint density at radius 3 is 2.47 bits per heavy atom. The van der Waals surface area contributed by atoms with Gasteiger partial charge in [-0.25, -0.2) is 0 Å². The van der Waals surface area contributed by atoms with Gasteiger partial charge >= 0.3 is 0 Å². The molecule has 2 aliphatic heterocycles. The van der Waals surface area contributed by atoms with E-state index in [0.29, 0.717) is 49.2 Å². The van der Waals surface area contributed by atoms with Crippen molar-refractivity contribution in [3.8, 4) is 0 Å². The Morgan fingerprint density at radius 1 is 1.06 bits per heavy atom. The number of para-hydroxylation sites is 1. The maximum Gasteiger partial charge on any atom is 0.267 e. The van der Waals surface area contributed by atoms with Crippen molar-refractivity contribution in [3.63, 3.8) is 0 Å². The van der Waals surface area contributed by atoms with Crippen molar-refractivity contribution in [2.75, 3.05) is 23.3 Å². The molecular weight excluding hydrogens is 514 g/mol. The zero-order chi connectivity index (χ0) is 25.8. The van der Waals surface area contributed by atoms with Crippen molar-refractivity contribution < 1.29 is 14.4 Å². The summed E-state index contributed by atoms with van der Waals surface area (Å²) in [5.74, 6) is -0.598. The minimum absolute atomic E-state index is 0.183. The van der Waals surface area contributed by atoms with Gasteiger partial charge in [-0.15, -0.1) is 0 Å². The maximum absolute atomic E-state index is 13.6. The molecule has 0 radical (unpaired) electrons. The molecule has 3 amide bonds. The summed E-state index contributed by atoms with van der Waals surface area (Å²) in [5, 5.41) is 3.35. The molecule has 0 saturated carbocycles. The second-order valence-electron chi connectivity index (χ2n) is 8.87. The van der Waals surface area contributed by atoms with E-state index >= 15 is 0 Å². The molecule has 1 fully saturated rings. The van der Waals surface area contributed by atoms with Crippen LogP contribution in [-0.4, -0.2) is 40.0 Å². The summed E-state index contributed by atoms with van der Waals surface area (Å²) in [7, 11) is 0. The van der Waals surface area contributed by atoms with Gasteiger partial charge in [0, 0.05) is 22.8 Å². The van der Waals surface area contributed by atoms with Gasteiger partial charge in [0.05, 0.1) is 16.2 Å². The van der Waals surface area contributed by atoms with Crippen LogP contribution in [-0.2, 0) is 14.4 Å². The number of carbonyl (C=O) groups is 3. The van der Waals surface area contributed by atoms with Gasteiger partial charge in [-0.05, 0) is 42.7 Å². The van der Waals surface area contributed by atoms with E-state index in [2.05, 4.69) is 19.2 Å². The molecule has 0 aromatic heterocycles. The second-order valence-corrected chi connectivity index (χ2v) is 10.9. The van der Waals surface area contributed by atoms with Gasteiger partial charge in [-0.2, -0.15) is 0 Å². The number of thioether (sulfide) groups is 1. The molecular formula is C27H28ClN3O3S2. The van der Waals surface area contributed by atoms with E-state index in [1.165, 1.54) is 16.7 Å². The Morgan fingerprint density at radius 2 is 1.78 bits per heavy atom. The fraction of sp³-hybridized carbons (Fsp3) is 0.333. The molecule has 0 aliphatic carbocycles. The van der Waals surface area contributed by atoms with Gasteiger partial charge in [0.15, 0.2) is 0 Å². The zero-order valence-corrected chi connectivity index (χ0v) is 22.6. The summed E-state index contributed by atoms with van der Waals surface area (Å²) in [6, 6.07) is 14.0. The molecule has 0 bridgehead atoms. The number of halogens is 1. The summed E-state index contributed by atoms with van der Waals surface area (Å²) >= 11 is 12.7. The van der Waals surface area contributed by atoms with Crippen LogP contribution in [0.15, 0.2) is 53.4 Å². The standard InChI is InChI=1S/C27H28ClN3O3S2/c1-3-5-8-17(4-2)15-31-26(34)24(36-27(31)35)23-20-9-6-7-10-21(20)30(25(23)33)16-22(32)29-19-13-11-18(28)12-14-19/h6-7,9-14,17H,3-5,8,15-16H2,1-2H3,(H,29,32)/b24-23-/t17-/m0/s1. The smallest absolute Gasteiger partial charge is 0.267 e. The molecule has 0 unspecified atom stereocenters. The average Bonchev–Trinajstić information content (AvgIpc) is 3.30. The fourth-order valence-electron chi connectivity index (χ4n) is 4.42. The summed E-state index contributed by atoms with van der Waals surface area (Å²) in [4.78, 5) is 43.3. The number of rotatable bonds is 9. The number of nitrogens with one attached hydrogen (secondary N) is 1. The molecule has 2 aliphatic rings. The highest BCUT2D eigenvalue weighted by atomic mass is 35.5.